The average Bonchev–Trinajstić information content (AvgIpc) is 3.19. The molecule has 1 aliphatic carbocycles. The van der Waals surface area contributed by atoms with Crippen LogP contribution in [0.15, 0.2) is 70.5 Å². The molecule has 40 heavy (non-hydrogen) atoms. The molecule has 0 saturated heterocycles. The zero-order valence-corrected chi connectivity index (χ0v) is 24.2. The van der Waals surface area contributed by atoms with E-state index in [0.29, 0.717) is 25.0 Å². The third-order valence-electron chi connectivity index (χ3n) is 6.37. The quantitative estimate of drug-likeness (QED) is 0.104. The van der Waals surface area contributed by atoms with Gasteiger partial charge in [0.05, 0.1) is 23.7 Å². The van der Waals surface area contributed by atoms with Crippen LogP contribution >= 0.6 is 11.8 Å². The lowest BCUT2D eigenvalue weighted by molar-refractivity contribution is -0.134. The van der Waals surface area contributed by atoms with Crippen LogP contribution in [0.5, 0.6) is 11.5 Å². The number of esters is 1. The number of carbonyl (C=O) groups excluding carboxylic acids is 2. The Hall–Kier alpha value is -2.70. The molecule has 1 saturated carbocycles. The zero-order chi connectivity index (χ0) is 29.1. The van der Waals surface area contributed by atoms with E-state index >= 15 is 0 Å². The molecule has 0 aromatic heterocycles. The highest BCUT2D eigenvalue weighted by Crippen LogP contribution is 2.29. The normalized spacial score (nSPS) is 20.1. The van der Waals surface area contributed by atoms with E-state index in [1.165, 1.54) is 24.3 Å². The summed E-state index contributed by atoms with van der Waals surface area (Å²) in [5.74, 6) is -0.126. The fraction of sp³-hybridized carbons (Fsp3) is 0.448. The number of carbonyl (C=O) groups is 2. The molecule has 0 heterocycles. The molecule has 3 rings (SSSR count). The Balaban J connectivity index is 1.36. The second-order valence-electron chi connectivity index (χ2n) is 9.60. The van der Waals surface area contributed by atoms with Crippen LogP contribution in [0.25, 0.3) is 0 Å². The first-order chi connectivity index (χ1) is 19.1. The lowest BCUT2D eigenvalue weighted by Crippen LogP contribution is -2.34. The van der Waals surface area contributed by atoms with Crippen molar-refractivity contribution in [3.63, 3.8) is 0 Å². The number of hydrogen-bond acceptors (Lipinski definition) is 10. The van der Waals surface area contributed by atoms with E-state index in [2.05, 4.69) is 0 Å². The smallest absolute Gasteiger partial charge is 0.311 e. The first kappa shape index (κ1) is 31.8. The van der Waals surface area contributed by atoms with Gasteiger partial charge in [0.2, 0.25) is 0 Å². The van der Waals surface area contributed by atoms with Gasteiger partial charge < -0.3 is 24.4 Å². The molecule has 2 N–H and O–H groups in total. The van der Waals surface area contributed by atoms with Crippen LogP contribution in [0, 0.1) is 5.92 Å². The number of allylic oxidation sites excluding steroid dienone is 2. The fourth-order valence-corrected chi connectivity index (χ4v) is 5.25. The van der Waals surface area contributed by atoms with Crippen molar-refractivity contribution in [1.29, 1.82) is 0 Å². The van der Waals surface area contributed by atoms with Crippen molar-refractivity contribution >= 4 is 33.4 Å². The van der Waals surface area contributed by atoms with Gasteiger partial charge in [0.25, 0.3) is 0 Å². The van der Waals surface area contributed by atoms with Gasteiger partial charge >= 0.3 is 5.97 Å². The summed E-state index contributed by atoms with van der Waals surface area (Å²) in [5, 5.41) is 20.6. The van der Waals surface area contributed by atoms with Crippen LogP contribution in [0.1, 0.15) is 32.1 Å². The molecule has 0 aliphatic heterocycles. The minimum absolute atomic E-state index is 0.00850. The fourth-order valence-electron chi connectivity index (χ4n) is 4.21. The van der Waals surface area contributed by atoms with Crippen molar-refractivity contribution in [3.05, 3.63) is 60.7 Å². The van der Waals surface area contributed by atoms with Crippen LogP contribution in [0.4, 0.5) is 0 Å². The van der Waals surface area contributed by atoms with Crippen molar-refractivity contribution in [2.75, 3.05) is 25.7 Å². The van der Waals surface area contributed by atoms with Gasteiger partial charge in [-0.25, -0.2) is 8.42 Å². The maximum Gasteiger partial charge on any atom is 0.311 e. The summed E-state index contributed by atoms with van der Waals surface area (Å²) in [6, 6.07) is 13.2. The average molecular weight is 593 g/mol. The summed E-state index contributed by atoms with van der Waals surface area (Å²) < 4.78 is 39.6. The van der Waals surface area contributed by atoms with E-state index < -0.39 is 40.0 Å². The Morgan fingerprint density at radius 3 is 2.40 bits per heavy atom. The summed E-state index contributed by atoms with van der Waals surface area (Å²) in [5.41, 5.74) is 0. The second-order valence-corrected chi connectivity index (χ2v) is 12.5. The van der Waals surface area contributed by atoms with Crippen molar-refractivity contribution in [2.45, 2.75) is 60.2 Å². The van der Waals surface area contributed by atoms with Crippen molar-refractivity contribution in [1.82, 2.24) is 0 Å². The second kappa shape index (κ2) is 15.3. The molecule has 0 amide bonds. The summed E-state index contributed by atoms with van der Waals surface area (Å²) in [4.78, 5) is 25.7. The summed E-state index contributed by atoms with van der Waals surface area (Å²) >= 11 is 1.62. The van der Waals surface area contributed by atoms with E-state index in [4.69, 9.17) is 14.2 Å². The van der Waals surface area contributed by atoms with Gasteiger partial charge in [0.1, 0.15) is 30.0 Å². The molecule has 1 aliphatic rings. The predicted octanol–water partition coefficient (Wildman–Crippen LogP) is 3.61. The number of rotatable bonds is 15. The van der Waals surface area contributed by atoms with E-state index in [0.717, 1.165) is 11.2 Å². The molecule has 0 radical (unpaired) electrons. The minimum atomic E-state index is -3.32. The number of aliphatic hydroxyl groups excluding tert-OH is 2. The summed E-state index contributed by atoms with van der Waals surface area (Å²) in [6.45, 7) is -0.0500. The Morgan fingerprint density at radius 2 is 1.75 bits per heavy atom. The molecule has 9 nitrogen and oxygen atoms in total. The number of Topliss-reactive ketones (excluding diaryl/α,β-unsaturated/α-hetero) is 1. The van der Waals surface area contributed by atoms with Gasteiger partial charge in [-0.15, -0.1) is 11.8 Å². The highest BCUT2D eigenvalue weighted by Gasteiger charge is 2.41. The number of sulfone groups is 1. The van der Waals surface area contributed by atoms with Crippen LogP contribution < -0.4 is 9.47 Å². The van der Waals surface area contributed by atoms with Crippen molar-refractivity contribution < 1.29 is 42.4 Å². The van der Waals surface area contributed by atoms with Crippen LogP contribution in [-0.2, 0) is 24.2 Å². The molecule has 1 unspecified atom stereocenters. The van der Waals surface area contributed by atoms with E-state index in [1.807, 2.05) is 42.7 Å². The molecule has 11 heteroatoms. The first-order valence-corrected chi connectivity index (χ1v) is 16.1. The third-order valence-corrected chi connectivity index (χ3v) is 8.25. The number of ether oxygens (including phenoxy) is 3. The van der Waals surface area contributed by atoms with Crippen LogP contribution in [-0.4, -0.2) is 74.4 Å². The Bertz CT molecular complexity index is 1240. The first-order valence-electron chi connectivity index (χ1n) is 13.0. The highest BCUT2D eigenvalue weighted by atomic mass is 32.2. The Labute approximate surface area is 239 Å². The summed E-state index contributed by atoms with van der Waals surface area (Å²) in [6.07, 6.45) is 5.92. The van der Waals surface area contributed by atoms with Gasteiger partial charge in [-0.05, 0) is 74.0 Å². The molecule has 2 aromatic rings. The number of unbranched alkanes of at least 4 members (excludes halogenated alkanes) is 1. The molecule has 0 spiro atoms. The Morgan fingerprint density at radius 1 is 1.07 bits per heavy atom. The van der Waals surface area contributed by atoms with Crippen LogP contribution in [0.3, 0.4) is 0 Å². The lowest BCUT2D eigenvalue weighted by atomic mass is 9.99. The van der Waals surface area contributed by atoms with E-state index in [9.17, 15) is 28.2 Å². The SMILES string of the molecule is CSc1ccc(OCC(O)CO[C@H]2[C@H](O)CC(=O)[C@@H]2C/C=C\CCCC(=O)Oc2ccc(S(C)(=O)=O)cc2)cc1. The molecule has 1 fully saturated rings. The molecular formula is C29H36O9S2. The number of benzene rings is 2. The number of thioether (sulfide) groups is 1. The molecule has 2 aromatic carbocycles. The molecule has 0 bridgehead atoms. The van der Waals surface area contributed by atoms with Crippen molar-refractivity contribution in [3.8, 4) is 11.5 Å². The van der Waals surface area contributed by atoms with Crippen molar-refractivity contribution in [2.24, 2.45) is 5.92 Å². The topological polar surface area (TPSA) is 136 Å². The molecular weight excluding hydrogens is 556 g/mol. The van der Waals surface area contributed by atoms with Gasteiger partial charge in [0.15, 0.2) is 9.84 Å². The minimum Gasteiger partial charge on any atom is -0.491 e. The highest BCUT2D eigenvalue weighted by molar-refractivity contribution is 7.98. The van der Waals surface area contributed by atoms with Crippen LogP contribution in [0.2, 0.25) is 0 Å². The van der Waals surface area contributed by atoms with Gasteiger partial charge in [0, 0.05) is 29.9 Å². The standard InChI is InChI=1S/C29H36O9S2/c1-39-23-13-9-21(10-14-23)36-18-20(30)19-37-29-25(26(31)17-27(29)32)7-5-3-4-6-8-28(33)38-22-11-15-24(16-12-22)40(2,34)35/h3,5,9-16,20,25,27,29-30,32H,4,6-8,17-19H2,1-2H3/b5-3-/t20?,25-,27+,29+/m0/s1. The largest absolute Gasteiger partial charge is 0.491 e. The maximum atomic E-state index is 12.4. The third kappa shape index (κ3) is 10.0. The number of aliphatic hydroxyl groups is 2. The predicted molar refractivity (Wildman–Crippen MR) is 151 cm³/mol. The van der Waals surface area contributed by atoms with Gasteiger partial charge in [-0.2, -0.15) is 0 Å². The zero-order valence-electron chi connectivity index (χ0n) is 22.6. The van der Waals surface area contributed by atoms with Gasteiger partial charge in [-0.1, -0.05) is 12.2 Å². The van der Waals surface area contributed by atoms with E-state index in [-0.39, 0.29) is 42.5 Å². The lowest BCUT2D eigenvalue weighted by Gasteiger charge is -2.22. The molecule has 4 atom stereocenters. The van der Waals surface area contributed by atoms with Gasteiger partial charge in [-0.3, -0.25) is 9.59 Å². The summed E-state index contributed by atoms with van der Waals surface area (Å²) in [7, 11) is -3.32. The number of ketones is 1. The Kier molecular flexibility index (Phi) is 12.2. The monoisotopic (exact) mass is 592 g/mol. The maximum absolute atomic E-state index is 12.4. The van der Waals surface area contributed by atoms with E-state index in [1.54, 1.807) is 11.8 Å². The number of hydrogen-bond donors (Lipinski definition) is 2. The molecule has 218 valence electrons.